The van der Waals surface area contributed by atoms with Crippen LogP contribution in [0.4, 0.5) is 0 Å². The average molecular weight is 480 g/mol. The van der Waals surface area contributed by atoms with Crippen molar-refractivity contribution in [3.8, 4) is 5.75 Å². The molecular weight excluding hydrogens is 450 g/mol. The van der Waals surface area contributed by atoms with Crippen molar-refractivity contribution < 1.29 is 14.6 Å². The minimum absolute atomic E-state index is 0.458. The molecule has 0 spiro atoms. The lowest BCUT2D eigenvalue weighted by atomic mass is 9.75. The molecule has 1 atom stereocenters. The van der Waals surface area contributed by atoms with E-state index >= 15 is 0 Å². The Morgan fingerprint density at radius 1 is 1.26 bits per heavy atom. The van der Waals surface area contributed by atoms with Crippen LogP contribution in [0.5, 0.6) is 5.75 Å². The van der Waals surface area contributed by atoms with Gasteiger partial charge in [0, 0.05) is 37.3 Å². The third-order valence-corrected chi connectivity index (χ3v) is 7.91. The number of halogens is 1. The first-order valence-electron chi connectivity index (χ1n) is 11.9. The SMILES string of the molecule is COc1ccc2ncc(Cl)c(CCNC3(C(=O)O)CCN([C@H]4C[C@@H](c5ccccc5)C4)C3)c2c1. The van der Waals surface area contributed by atoms with Crippen molar-refractivity contribution in [3.63, 3.8) is 0 Å². The number of carbonyl (C=O) groups is 1. The highest BCUT2D eigenvalue weighted by Gasteiger charge is 2.48. The summed E-state index contributed by atoms with van der Waals surface area (Å²) in [6.07, 6.45) is 5.07. The molecule has 5 rings (SSSR count). The lowest BCUT2D eigenvalue weighted by Gasteiger charge is -2.42. The second kappa shape index (κ2) is 9.53. The quantitative estimate of drug-likeness (QED) is 0.495. The Morgan fingerprint density at radius 2 is 2.06 bits per heavy atom. The molecule has 2 N–H and O–H groups in total. The molecular formula is C27H30ClN3O3. The Labute approximate surface area is 204 Å². The van der Waals surface area contributed by atoms with Crippen molar-refractivity contribution in [1.29, 1.82) is 0 Å². The molecule has 0 amide bonds. The molecule has 1 aliphatic heterocycles. The summed E-state index contributed by atoms with van der Waals surface area (Å²) in [5.41, 5.74) is 2.26. The van der Waals surface area contributed by atoms with Gasteiger partial charge in [0.1, 0.15) is 11.3 Å². The molecule has 0 radical (unpaired) electrons. The highest BCUT2D eigenvalue weighted by molar-refractivity contribution is 6.32. The van der Waals surface area contributed by atoms with E-state index in [1.165, 1.54) is 5.56 Å². The topological polar surface area (TPSA) is 74.7 Å². The molecule has 7 heteroatoms. The number of hydrogen-bond donors (Lipinski definition) is 2. The number of aromatic nitrogens is 1. The third-order valence-electron chi connectivity index (χ3n) is 7.58. The number of ether oxygens (including phenoxy) is 1. The van der Waals surface area contributed by atoms with Crippen molar-refractivity contribution in [2.24, 2.45) is 0 Å². The maximum absolute atomic E-state index is 12.3. The summed E-state index contributed by atoms with van der Waals surface area (Å²) in [6.45, 7) is 1.86. The van der Waals surface area contributed by atoms with Gasteiger partial charge in [-0.05, 0) is 60.9 Å². The van der Waals surface area contributed by atoms with E-state index in [1.54, 1.807) is 13.3 Å². The second-order valence-electron chi connectivity index (χ2n) is 9.49. The molecule has 2 heterocycles. The first-order chi connectivity index (χ1) is 16.5. The molecule has 178 valence electrons. The zero-order valence-electron chi connectivity index (χ0n) is 19.3. The number of nitrogens with zero attached hydrogens (tertiary/aromatic N) is 2. The van der Waals surface area contributed by atoms with E-state index in [1.807, 2.05) is 24.3 Å². The zero-order chi connectivity index (χ0) is 23.7. The number of rotatable bonds is 8. The van der Waals surface area contributed by atoms with Gasteiger partial charge >= 0.3 is 5.97 Å². The lowest BCUT2D eigenvalue weighted by molar-refractivity contribution is -0.144. The smallest absolute Gasteiger partial charge is 0.325 e. The third kappa shape index (κ3) is 4.38. The van der Waals surface area contributed by atoms with Crippen LogP contribution in [-0.2, 0) is 11.2 Å². The van der Waals surface area contributed by atoms with Crippen molar-refractivity contribution in [1.82, 2.24) is 15.2 Å². The van der Waals surface area contributed by atoms with Gasteiger partial charge in [-0.15, -0.1) is 0 Å². The number of benzene rings is 2. The van der Waals surface area contributed by atoms with Crippen molar-refractivity contribution in [2.45, 2.75) is 43.2 Å². The van der Waals surface area contributed by atoms with E-state index in [-0.39, 0.29) is 0 Å². The van der Waals surface area contributed by atoms with Crippen molar-refractivity contribution in [3.05, 3.63) is 70.9 Å². The van der Waals surface area contributed by atoms with Gasteiger partial charge in [0.05, 0.1) is 17.6 Å². The second-order valence-corrected chi connectivity index (χ2v) is 9.89. The van der Waals surface area contributed by atoms with Gasteiger partial charge in [0.25, 0.3) is 0 Å². The van der Waals surface area contributed by atoms with E-state index in [0.29, 0.717) is 42.9 Å². The van der Waals surface area contributed by atoms with Gasteiger partial charge in [-0.1, -0.05) is 41.9 Å². The summed E-state index contributed by atoms with van der Waals surface area (Å²) in [5.74, 6) is 0.549. The first-order valence-corrected chi connectivity index (χ1v) is 12.3. The van der Waals surface area contributed by atoms with Crippen molar-refractivity contribution >= 4 is 28.5 Å². The van der Waals surface area contributed by atoms with Gasteiger partial charge in [-0.25, -0.2) is 0 Å². The minimum atomic E-state index is -0.926. The monoisotopic (exact) mass is 479 g/mol. The molecule has 2 aliphatic rings. The number of fused-ring (bicyclic) bond motifs is 1. The fraction of sp³-hybridized carbons (Fsp3) is 0.407. The van der Waals surface area contributed by atoms with Crippen LogP contribution in [0.1, 0.15) is 36.3 Å². The van der Waals surface area contributed by atoms with Crippen LogP contribution in [-0.4, -0.2) is 59.3 Å². The number of likely N-dealkylation sites (tertiary alicyclic amines) is 1. The molecule has 1 saturated heterocycles. The van der Waals surface area contributed by atoms with E-state index in [0.717, 1.165) is 41.6 Å². The van der Waals surface area contributed by atoms with Gasteiger partial charge in [-0.3, -0.25) is 14.7 Å². The predicted octanol–water partition coefficient (Wildman–Crippen LogP) is 4.50. The number of nitrogens with one attached hydrogen (secondary N) is 1. The van der Waals surface area contributed by atoms with Crippen LogP contribution < -0.4 is 10.1 Å². The highest BCUT2D eigenvalue weighted by Crippen LogP contribution is 2.42. The van der Waals surface area contributed by atoms with Crippen LogP contribution >= 0.6 is 11.6 Å². The zero-order valence-corrected chi connectivity index (χ0v) is 20.1. The van der Waals surface area contributed by atoms with Crippen LogP contribution in [0.25, 0.3) is 10.9 Å². The summed E-state index contributed by atoms with van der Waals surface area (Å²) in [7, 11) is 1.63. The molecule has 1 aliphatic carbocycles. The molecule has 2 fully saturated rings. The Hall–Kier alpha value is -2.67. The number of carboxylic acids is 1. The standard InChI is InChI=1S/C27H30ClN3O3/c1-34-21-7-8-25-23(15-21)22(24(28)16-29-25)9-11-30-27(26(32)33)10-12-31(17-27)20-13-19(14-20)18-5-3-2-4-6-18/h2-8,15-16,19-20,30H,9-14,17H2,1H3,(H,32,33)/t19-,20+,27?. The Morgan fingerprint density at radius 3 is 2.79 bits per heavy atom. The summed E-state index contributed by atoms with van der Waals surface area (Å²) >= 11 is 6.49. The number of hydrogen-bond acceptors (Lipinski definition) is 5. The molecule has 34 heavy (non-hydrogen) atoms. The van der Waals surface area contributed by atoms with E-state index < -0.39 is 11.5 Å². The van der Waals surface area contributed by atoms with Gasteiger partial charge in [0.2, 0.25) is 0 Å². The molecule has 0 bridgehead atoms. The molecule has 6 nitrogen and oxygen atoms in total. The number of pyridine rings is 1. The summed E-state index contributed by atoms with van der Waals surface area (Å²) in [5, 5.41) is 15.0. The fourth-order valence-corrected chi connectivity index (χ4v) is 5.68. The Kier molecular flexibility index (Phi) is 6.47. The predicted molar refractivity (Wildman–Crippen MR) is 134 cm³/mol. The molecule has 1 saturated carbocycles. The van der Waals surface area contributed by atoms with Crippen LogP contribution in [0.2, 0.25) is 5.02 Å². The molecule has 2 aromatic carbocycles. The van der Waals surface area contributed by atoms with Crippen LogP contribution in [0.15, 0.2) is 54.7 Å². The normalized spacial score (nSPS) is 24.8. The first kappa shape index (κ1) is 23.1. The van der Waals surface area contributed by atoms with Crippen LogP contribution in [0.3, 0.4) is 0 Å². The molecule has 3 aromatic rings. The fourth-order valence-electron chi connectivity index (χ4n) is 5.44. The van der Waals surface area contributed by atoms with E-state index in [4.69, 9.17) is 16.3 Å². The molecule has 1 unspecified atom stereocenters. The number of methoxy groups -OCH3 is 1. The lowest BCUT2D eigenvalue weighted by Crippen LogP contribution is -2.56. The maximum Gasteiger partial charge on any atom is 0.325 e. The van der Waals surface area contributed by atoms with E-state index in [9.17, 15) is 9.90 Å². The summed E-state index contributed by atoms with van der Waals surface area (Å²) < 4.78 is 5.37. The number of carboxylic acid groups (broad SMARTS) is 1. The van der Waals surface area contributed by atoms with Gasteiger partial charge in [-0.2, -0.15) is 0 Å². The van der Waals surface area contributed by atoms with Gasteiger partial charge < -0.3 is 15.2 Å². The molecule has 1 aromatic heterocycles. The number of aliphatic carboxylic acids is 1. The average Bonchev–Trinajstić information content (AvgIpc) is 3.25. The Balaban J connectivity index is 1.23. The largest absolute Gasteiger partial charge is 0.497 e. The minimum Gasteiger partial charge on any atom is -0.497 e. The summed E-state index contributed by atoms with van der Waals surface area (Å²) in [6, 6.07) is 16.8. The van der Waals surface area contributed by atoms with Crippen molar-refractivity contribution in [2.75, 3.05) is 26.7 Å². The van der Waals surface area contributed by atoms with Gasteiger partial charge in [0.15, 0.2) is 0 Å². The summed E-state index contributed by atoms with van der Waals surface area (Å²) in [4.78, 5) is 19.1. The Bertz CT molecular complexity index is 1180. The van der Waals surface area contributed by atoms with E-state index in [2.05, 4.69) is 39.5 Å². The van der Waals surface area contributed by atoms with Crippen LogP contribution in [0, 0.1) is 0 Å². The maximum atomic E-state index is 12.3. The highest BCUT2D eigenvalue weighted by atomic mass is 35.5.